The maximum Gasteiger partial charge on any atom is 0.352 e. The normalized spacial score (nSPS) is 18.9. The number of phenols is 1. The lowest BCUT2D eigenvalue weighted by atomic mass is 9.80. The molecule has 2 atom stereocenters. The number of hydrogen-bond donors (Lipinski definition) is 4. The molecule has 4 heterocycles. The van der Waals surface area contributed by atoms with Gasteiger partial charge in [0.15, 0.2) is 10.8 Å². The highest BCUT2D eigenvalue weighted by Crippen LogP contribution is 2.43. The summed E-state index contributed by atoms with van der Waals surface area (Å²) >= 11 is 2.38. The number of carboxylic acids is 1. The Morgan fingerprint density at radius 1 is 0.948 bits per heavy atom. The topological polar surface area (TPSA) is 188 Å². The van der Waals surface area contributed by atoms with Gasteiger partial charge in [-0.3, -0.25) is 19.3 Å². The van der Waals surface area contributed by atoms with Gasteiger partial charge < -0.3 is 31.0 Å². The average molecular weight is 813 g/mol. The number of oxime groups is 1. The number of carboxylic acid groups (broad SMARTS) is 1. The van der Waals surface area contributed by atoms with Crippen molar-refractivity contribution < 1.29 is 34.2 Å². The van der Waals surface area contributed by atoms with E-state index in [4.69, 9.17) is 10.6 Å². The maximum atomic E-state index is 14.3. The first-order chi connectivity index (χ1) is 28.1. The second-order valence-electron chi connectivity index (χ2n) is 13.7. The van der Waals surface area contributed by atoms with E-state index < -0.39 is 34.8 Å². The molecule has 292 valence electrons. The largest absolute Gasteiger partial charge is 0.508 e. The van der Waals surface area contributed by atoms with Gasteiger partial charge in [0.25, 0.3) is 11.8 Å². The van der Waals surface area contributed by atoms with Crippen molar-refractivity contribution >= 4 is 57.6 Å². The van der Waals surface area contributed by atoms with E-state index in [-0.39, 0.29) is 46.2 Å². The van der Waals surface area contributed by atoms with Crippen LogP contribution in [0.4, 0.5) is 5.13 Å². The zero-order chi connectivity index (χ0) is 40.4. The molecule has 13 nitrogen and oxygen atoms in total. The number of likely N-dealkylation sites (tertiary alicyclic amines) is 1. The van der Waals surface area contributed by atoms with E-state index in [1.54, 1.807) is 34.6 Å². The summed E-state index contributed by atoms with van der Waals surface area (Å²) in [5.41, 5.74) is 8.04. The minimum Gasteiger partial charge on any atom is -0.508 e. The Labute approximate surface area is 341 Å². The minimum absolute atomic E-state index is 0.0968. The molecule has 5 N–H and O–H groups in total. The number of aromatic nitrogens is 1. The van der Waals surface area contributed by atoms with Crippen molar-refractivity contribution in [3.05, 3.63) is 172 Å². The lowest BCUT2D eigenvalue weighted by Crippen LogP contribution is -2.71. The fourth-order valence-electron chi connectivity index (χ4n) is 7.39. The van der Waals surface area contributed by atoms with Crippen LogP contribution in [0.25, 0.3) is 0 Å². The predicted octanol–water partition coefficient (Wildman–Crippen LogP) is 5.24. The first-order valence-corrected chi connectivity index (χ1v) is 20.2. The van der Waals surface area contributed by atoms with Crippen molar-refractivity contribution in [3.63, 3.8) is 0 Å². The molecule has 58 heavy (non-hydrogen) atoms. The van der Waals surface area contributed by atoms with E-state index in [1.165, 1.54) is 11.8 Å². The Balaban J connectivity index is 1.07. The summed E-state index contributed by atoms with van der Waals surface area (Å²) in [6, 6.07) is 34.0. The van der Waals surface area contributed by atoms with Crippen molar-refractivity contribution in [2.45, 2.75) is 30.0 Å². The number of thiazole rings is 1. The smallest absolute Gasteiger partial charge is 0.352 e. The molecule has 0 spiro atoms. The van der Waals surface area contributed by atoms with Gasteiger partial charge in [-0.1, -0.05) is 108 Å². The number of nitrogens with zero attached hydrogens (tertiary/aromatic N) is 4. The molecular formula is C43H36N6O7S2. The van der Waals surface area contributed by atoms with Crippen LogP contribution in [0, 0.1) is 0 Å². The molecule has 0 bridgehead atoms. The summed E-state index contributed by atoms with van der Waals surface area (Å²) in [7, 11) is 0. The van der Waals surface area contributed by atoms with Gasteiger partial charge in [0, 0.05) is 46.5 Å². The number of aromatic hydroxyl groups is 1. The number of aliphatic carboxylic acids is 1. The summed E-state index contributed by atoms with van der Waals surface area (Å²) in [5, 5.41) is 28.5. The molecule has 15 heteroatoms. The van der Waals surface area contributed by atoms with Crippen LogP contribution < -0.4 is 11.1 Å². The van der Waals surface area contributed by atoms with Gasteiger partial charge in [-0.05, 0) is 35.8 Å². The van der Waals surface area contributed by atoms with Gasteiger partial charge in [-0.2, -0.15) is 0 Å². The molecule has 3 aliphatic heterocycles. The van der Waals surface area contributed by atoms with Crippen molar-refractivity contribution in [2.24, 2.45) is 5.16 Å². The van der Waals surface area contributed by atoms with Gasteiger partial charge in [-0.25, -0.2) is 9.78 Å². The van der Waals surface area contributed by atoms with Gasteiger partial charge >= 0.3 is 5.97 Å². The van der Waals surface area contributed by atoms with Crippen LogP contribution in [0.3, 0.4) is 0 Å². The number of fused-ring (bicyclic) bond motifs is 1. The fraction of sp³-hybridized carbons (Fsp3) is 0.163. The van der Waals surface area contributed by atoms with Crippen LogP contribution in [0.2, 0.25) is 0 Å². The number of amides is 3. The molecule has 1 aromatic heterocycles. The molecule has 0 aliphatic carbocycles. The second kappa shape index (κ2) is 16.0. The highest BCUT2D eigenvalue weighted by molar-refractivity contribution is 8.00. The van der Waals surface area contributed by atoms with Crippen LogP contribution in [-0.4, -0.2) is 78.1 Å². The van der Waals surface area contributed by atoms with Crippen molar-refractivity contribution in [3.8, 4) is 5.75 Å². The van der Waals surface area contributed by atoms with Crippen LogP contribution >= 0.6 is 23.1 Å². The molecule has 2 fully saturated rings. The third kappa shape index (κ3) is 7.21. The number of phenolic OH excluding ortho intramolecular Hbond substituents is 1. The molecular weight excluding hydrogens is 777 g/mol. The van der Waals surface area contributed by atoms with Gasteiger partial charge in [-0.15, -0.1) is 23.1 Å². The van der Waals surface area contributed by atoms with Gasteiger partial charge in [0.05, 0.1) is 0 Å². The van der Waals surface area contributed by atoms with Crippen LogP contribution in [0.1, 0.15) is 34.4 Å². The highest BCUT2D eigenvalue weighted by atomic mass is 32.2. The van der Waals surface area contributed by atoms with Crippen LogP contribution in [-0.2, 0) is 36.2 Å². The number of nitrogens with one attached hydrogen (secondary N) is 1. The molecule has 8 rings (SSSR count). The molecule has 5 aromatic rings. The van der Waals surface area contributed by atoms with Crippen LogP contribution in [0.5, 0.6) is 5.75 Å². The number of carbonyl (C=O) groups is 4. The fourth-order valence-corrected chi connectivity index (χ4v) is 9.25. The molecule has 3 aliphatic rings. The molecule has 3 amide bonds. The van der Waals surface area contributed by atoms with Gasteiger partial charge in [0.2, 0.25) is 11.5 Å². The van der Waals surface area contributed by atoms with Gasteiger partial charge in [0.1, 0.15) is 28.6 Å². The molecule has 2 saturated heterocycles. The number of β-lactam (4-membered cyclic amide) rings is 1. The zero-order valence-corrected chi connectivity index (χ0v) is 32.4. The lowest BCUT2D eigenvalue weighted by molar-refractivity contribution is -0.150. The van der Waals surface area contributed by atoms with E-state index >= 15 is 0 Å². The predicted molar refractivity (Wildman–Crippen MR) is 219 cm³/mol. The van der Waals surface area contributed by atoms with Crippen molar-refractivity contribution in [1.82, 2.24) is 20.1 Å². The van der Waals surface area contributed by atoms with Crippen molar-refractivity contribution in [1.29, 1.82) is 0 Å². The summed E-state index contributed by atoms with van der Waals surface area (Å²) in [4.78, 5) is 67.8. The monoisotopic (exact) mass is 812 g/mol. The minimum atomic E-state index is -1.33. The lowest BCUT2D eigenvalue weighted by Gasteiger charge is -2.49. The summed E-state index contributed by atoms with van der Waals surface area (Å²) in [6.07, 6.45) is 1.95. The number of carbonyl (C=O) groups excluding carboxylic acids is 3. The average Bonchev–Trinajstić information content (AvgIpc) is 3.82. The van der Waals surface area contributed by atoms with E-state index in [0.29, 0.717) is 24.1 Å². The third-order valence-electron chi connectivity index (χ3n) is 10.1. The number of nitrogen functional groups attached to an aromatic ring is 1. The number of thioether (sulfide) groups is 1. The molecule has 0 unspecified atom stereocenters. The number of nitrogens with two attached hydrogens (primary N) is 1. The highest BCUT2D eigenvalue weighted by Gasteiger charge is 2.54. The third-order valence-corrected chi connectivity index (χ3v) is 12.1. The molecule has 0 saturated carbocycles. The number of hydrogen-bond acceptors (Lipinski definition) is 11. The van der Waals surface area contributed by atoms with Crippen molar-refractivity contribution in [2.75, 3.05) is 18.0 Å². The Hall–Kier alpha value is -6.71. The second-order valence-corrected chi connectivity index (χ2v) is 15.7. The summed E-state index contributed by atoms with van der Waals surface area (Å²) in [5.74, 6) is -2.71. The Morgan fingerprint density at radius 3 is 2.16 bits per heavy atom. The van der Waals surface area contributed by atoms with E-state index in [0.717, 1.165) is 38.5 Å². The first kappa shape index (κ1) is 38.2. The van der Waals surface area contributed by atoms with E-state index in [2.05, 4.69) is 15.5 Å². The molecule has 0 radical (unpaired) electrons. The number of allylic oxidation sites excluding steroid dienone is 1. The molecule has 4 aromatic carbocycles. The Morgan fingerprint density at radius 2 is 1.59 bits per heavy atom. The summed E-state index contributed by atoms with van der Waals surface area (Å²) in [6.45, 7) is 0.706. The summed E-state index contributed by atoms with van der Waals surface area (Å²) < 4.78 is 0. The van der Waals surface area contributed by atoms with E-state index in [1.807, 2.05) is 97.1 Å². The van der Waals surface area contributed by atoms with E-state index in [9.17, 15) is 29.4 Å². The first-order valence-electron chi connectivity index (χ1n) is 18.3. The Bertz CT molecular complexity index is 2390. The number of benzene rings is 4. The number of anilines is 1. The maximum absolute atomic E-state index is 14.3. The number of rotatable bonds is 12. The Kier molecular flexibility index (Phi) is 10.6. The van der Waals surface area contributed by atoms with Crippen LogP contribution in [0.15, 0.2) is 149 Å². The zero-order valence-electron chi connectivity index (χ0n) is 30.7. The SMILES string of the molecule is Nc1nc(C(=NOC(c2ccccc2)(c2ccccc2)c2ccccc2)C(=O)N[C@@H]2C(=O)N3C(C(=O)O)=C(C=C4CCN(Cc5cccc(O)c5)C4=O)CS[C@H]23)cs1. The quantitative estimate of drug-likeness (QED) is 0.0427. The standard InChI is InChI=1S/C43H36N6O7S2/c44-42-45-33(25-58-42)34(47-56-43(29-12-4-1-5-13-29,30-14-6-2-7-15-30)31-16-8-3-9-17-31)37(51)46-35-39(53)49-36(41(54)55)28(24-57-40(35)49)22-27-19-20-48(38(27)52)23-26-11-10-18-32(50)21-26/h1-18,21-22,25,35,40,50H,19-20,23-24H2,(H2,44,45)(H,46,51)(H,54,55)/t35-,40-/m1/s1.